The van der Waals surface area contributed by atoms with E-state index in [2.05, 4.69) is 9.88 Å². The lowest BCUT2D eigenvalue weighted by Gasteiger charge is -2.42. The van der Waals surface area contributed by atoms with Gasteiger partial charge in [0.2, 0.25) is 0 Å². The van der Waals surface area contributed by atoms with Crippen molar-refractivity contribution in [3.05, 3.63) is 23.9 Å². The molecule has 0 amide bonds. The quantitative estimate of drug-likeness (QED) is 0.889. The van der Waals surface area contributed by atoms with Crippen LogP contribution in [0.1, 0.15) is 24.8 Å². The topological polar surface area (TPSA) is 56.7 Å². The highest BCUT2D eigenvalue weighted by atomic mass is 19.4. The second kappa shape index (κ2) is 7.38. The Morgan fingerprint density at radius 3 is 2.62 bits per heavy atom. The molecule has 1 fully saturated rings. The Balaban J connectivity index is 2.10. The maximum Gasteiger partial charge on any atom is 0.417 e. The number of anilines is 1. The number of hydrogen-bond acceptors (Lipinski definition) is 4. The second-order valence-electron chi connectivity index (χ2n) is 6.36. The van der Waals surface area contributed by atoms with Gasteiger partial charge in [-0.15, -0.1) is 0 Å². The number of carboxylic acids is 1. The summed E-state index contributed by atoms with van der Waals surface area (Å²) in [5, 5.41) is 8.91. The number of alkyl halides is 3. The van der Waals surface area contributed by atoms with E-state index < -0.39 is 17.7 Å². The molecule has 2 atom stereocenters. The van der Waals surface area contributed by atoms with Crippen LogP contribution in [0.25, 0.3) is 0 Å². The van der Waals surface area contributed by atoms with Crippen LogP contribution in [0.3, 0.4) is 0 Å². The molecule has 1 saturated heterocycles. The van der Waals surface area contributed by atoms with Crippen molar-refractivity contribution in [2.24, 2.45) is 5.92 Å². The van der Waals surface area contributed by atoms with E-state index in [1.807, 2.05) is 19.0 Å². The number of aromatic nitrogens is 1. The molecule has 1 aliphatic rings. The maximum atomic E-state index is 12.6. The molecule has 1 aromatic heterocycles. The van der Waals surface area contributed by atoms with Crippen LogP contribution in [0.4, 0.5) is 19.0 Å². The Kier molecular flexibility index (Phi) is 5.69. The van der Waals surface area contributed by atoms with Gasteiger partial charge in [0.05, 0.1) is 5.56 Å². The highest BCUT2D eigenvalue weighted by Crippen LogP contribution is 2.31. The number of carbonyl (C=O) groups is 1. The van der Waals surface area contributed by atoms with Gasteiger partial charge in [-0.1, -0.05) is 0 Å². The minimum atomic E-state index is -4.40. The van der Waals surface area contributed by atoms with E-state index in [-0.39, 0.29) is 18.4 Å². The van der Waals surface area contributed by atoms with E-state index >= 15 is 0 Å². The summed E-state index contributed by atoms with van der Waals surface area (Å²) in [6.45, 7) is 1.28. The third kappa shape index (κ3) is 4.59. The zero-order valence-electron chi connectivity index (χ0n) is 13.8. The lowest BCUT2D eigenvalue weighted by molar-refractivity contribution is -0.138. The third-order valence-corrected chi connectivity index (χ3v) is 4.49. The number of pyridine rings is 1. The fourth-order valence-corrected chi connectivity index (χ4v) is 3.24. The Morgan fingerprint density at radius 1 is 1.42 bits per heavy atom. The molecule has 0 aliphatic carbocycles. The molecule has 134 valence electrons. The Morgan fingerprint density at radius 2 is 2.12 bits per heavy atom. The van der Waals surface area contributed by atoms with Crippen LogP contribution < -0.4 is 4.90 Å². The van der Waals surface area contributed by atoms with Gasteiger partial charge >= 0.3 is 12.1 Å². The van der Waals surface area contributed by atoms with Crippen LogP contribution in [-0.4, -0.2) is 54.2 Å². The van der Waals surface area contributed by atoms with Gasteiger partial charge < -0.3 is 14.9 Å². The molecule has 0 unspecified atom stereocenters. The summed E-state index contributed by atoms with van der Waals surface area (Å²) < 4.78 is 37.9. The summed E-state index contributed by atoms with van der Waals surface area (Å²) >= 11 is 0. The largest absolute Gasteiger partial charge is 0.481 e. The molecule has 0 saturated carbocycles. The van der Waals surface area contributed by atoms with Gasteiger partial charge in [-0.2, -0.15) is 13.2 Å². The average Bonchev–Trinajstić information content (AvgIpc) is 2.51. The number of rotatable bonds is 5. The second-order valence-corrected chi connectivity index (χ2v) is 6.36. The molecule has 0 aromatic carbocycles. The number of piperidine rings is 1. The highest BCUT2D eigenvalue weighted by Gasteiger charge is 2.33. The lowest BCUT2D eigenvalue weighted by atomic mass is 9.87. The van der Waals surface area contributed by atoms with E-state index in [4.69, 9.17) is 5.11 Å². The molecular weight excluding hydrogens is 323 g/mol. The van der Waals surface area contributed by atoms with Crippen LogP contribution >= 0.6 is 0 Å². The summed E-state index contributed by atoms with van der Waals surface area (Å²) in [6.07, 6.45) is -2.11. The minimum Gasteiger partial charge on any atom is -0.481 e. The lowest BCUT2D eigenvalue weighted by Crippen LogP contribution is -2.49. The SMILES string of the molecule is CN(C)[C@H]1CCN(c2ccc(C(F)(F)F)cn2)C[C@H]1CCC(=O)O. The van der Waals surface area contributed by atoms with E-state index in [1.165, 1.54) is 6.07 Å². The molecule has 0 spiro atoms. The predicted molar refractivity (Wildman–Crippen MR) is 83.9 cm³/mol. The fraction of sp³-hybridized carbons (Fsp3) is 0.625. The van der Waals surface area contributed by atoms with Gasteiger partial charge in [0, 0.05) is 31.7 Å². The first-order valence-corrected chi connectivity index (χ1v) is 7.85. The van der Waals surface area contributed by atoms with Crippen molar-refractivity contribution in [1.29, 1.82) is 0 Å². The number of nitrogens with zero attached hydrogens (tertiary/aromatic N) is 3. The normalized spacial score (nSPS) is 22.0. The molecule has 1 aliphatic heterocycles. The maximum absolute atomic E-state index is 12.6. The van der Waals surface area contributed by atoms with Crippen molar-refractivity contribution in [1.82, 2.24) is 9.88 Å². The Labute approximate surface area is 139 Å². The van der Waals surface area contributed by atoms with Gasteiger partial charge in [-0.25, -0.2) is 4.98 Å². The van der Waals surface area contributed by atoms with Gasteiger partial charge in [0.15, 0.2) is 0 Å². The molecule has 1 N–H and O–H groups in total. The third-order valence-electron chi connectivity index (χ3n) is 4.49. The summed E-state index contributed by atoms with van der Waals surface area (Å²) in [4.78, 5) is 18.8. The zero-order valence-corrected chi connectivity index (χ0v) is 13.8. The predicted octanol–water partition coefficient (Wildman–Crippen LogP) is 2.72. The highest BCUT2D eigenvalue weighted by molar-refractivity contribution is 5.66. The molecule has 0 radical (unpaired) electrons. The van der Waals surface area contributed by atoms with E-state index in [9.17, 15) is 18.0 Å². The van der Waals surface area contributed by atoms with Crippen LogP contribution in [0.2, 0.25) is 0 Å². The van der Waals surface area contributed by atoms with Crippen LogP contribution in [0.5, 0.6) is 0 Å². The van der Waals surface area contributed by atoms with E-state index in [0.29, 0.717) is 25.3 Å². The van der Waals surface area contributed by atoms with Crippen molar-refractivity contribution in [3.63, 3.8) is 0 Å². The molecule has 24 heavy (non-hydrogen) atoms. The number of aliphatic carboxylic acids is 1. The van der Waals surface area contributed by atoms with Crippen LogP contribution in [-0.2, 0) is 11.0 Å². The van der Waals surface area contributed by atoms with Crippen molar-refractivity contribution >= 4 is 11.8 Å². The van der Waals surface area contributed by atoms with Gasteiger partial charge in [-0.3, -0.25) is 4.79 Å². The summed E-state index contributed by atoms with van der Waals surface area (Å²) in [6, 6.07) is 2.68. The molecular formula is C16H22F3N3O2. The Bertz CT molecular complexity index is 561. The summed E-state index contributed by atoms with van der Waals surface area (Å²) in [5.74, 6) is -0.202. The smallest absolute Gasteiger partial charge is 0.417 e. The monoisotopic (exact) mass is 345 g/mol. The first kappa shape index (κ1) is 18.5. The number of carboxylic acid groups (broad SMARTS) is 1. The van der Waals surface area contributed by atoms with Crippen molar-refractivity contribution in [2.45, 2.75) is 31.5 Å². The molecule has 2 rings (SSSR count). The summed E-state index contributed by atoms with van der Waals surface area (Å²) in [7, 11) is 3.93. The molecule has 0 bridgehead atoms. The van der Waals surface area contributed by atoms with Crippen molar-refractivity contribution < 1.29 is 23.1 Å². The number of hydrogen-bond donors (Lipinski definition) is 1. The van der Waals surface area contributed by atoms with Crippen LogP contribution in [0, 0.1) is 5.92 Å². The molecule has 1 aromatic rings. The first-order valence-electron chi connectivity index (χ1n) is 7.85. The first-order chi connectivity index (χ1) is 11.2. The van der Waals surface area contributed by atoms with E-state index in [0.717, 1.165) is 18.7 Å². The van der Waals surface area contributed by atoms with Gasteiger partial charge in [0.25, 0.3) is 0 Å². The Hall–Kier alpha value is -1.83. The fourth-order valence-electron chi connectivity index (χ4n) is 3.24. The van der Waals surface area contributed by atoms with E-state index in [1.54, 1.807) is 0 Å². The van der Waals surface area contributed by atoms with Crippen molar-refractivity contribution in [2.75, 3.05) is 32.1 Å². The summed E-state index contributed by atoms with van der Waals surface area (Å²) in [5.41, 5.74) is -0.767. The average molecular weight is 345 g/mol. The number of halogens is 3. The zero-order chi connectivity index (χ0) is 17.9. The molecule has 5 nitrogen and oxygen atoms in total. The standard InChI is InChI=1S/C16H22F3N3O2/c1-21(2)13-7-8-22(10-11(13)3-6-15(23)24)14-5-4-12(9-20-14)16(17,18)19/h4-5,9,11,13H,3,6-8,10H2,1-2H3,(H,23,24)/t11-,13+/m1/s1. The molecule has 8 heteroatoms. The van der Waals surface area contributed by atoms with Gasteiger partial charge in [-0.05, 0) is 45.0 Å². The molecule has 2 heterocycles. The van der Waals surface area contributed by atoms with Crippen molar-refractivity contribution in [3.8, 4) is 0 Å². The van der Waals surface area contributed by atoms with Gasteiger partial charge in [0.1, 0.15) is 5.82 Å². The minimum absolute atomic E-state index is 0.0866. The van der Waals surface area contributed by atoms with Crippen LogP contribution in [0.15, 0.2) is 18.3 Å².